The average Bonchev–Trinajstić information content (AvgIpc) is 2.89. The number of hydrogen-bond acceptors (Lipinski definition) is 10. The van der Waals surface area contributed by atoms with Crippen molar-refractivity contribution in [2.24, 2.45) is 0 Å². The lowest BCUT2D eigenvalue weighted by Crippen LogP contribution is -2.41. The van der Waals surface area contributed by atoms with E-state index in [0.29, 0.717) is 17.8 Å². The molecular weight excluding hydrogens is 514 g/mol. The third kappa shape index (κ3) is 10.1. The van der Waals surface area contributed by atoms with Crippen molar-refractivity contribution >= 4 is 46.6 Å². The summed E-state index contributed by atoms with van der Waals surface area (Å²) in [7, 11) is 0. The Hall–Kier alpha value is -5.08. The number of aliphatic carboxylic acids is 3. The SMILES string of the molecule is CCCCC(=O)O.Nc1nc2ncc(CNc3ccc(C(=O)NC(CCC(=O)O)C(=O)O)cc3)nc2c(=O)[nH]1. The number of anilines is 2. The van der Waals surface area contributed by atoms with Crippen LogP contribution in [0.3, 0.4) is 0 Å². The number of amides is 1. The molecule has 15 nitrogen and oxygen atoms in total. The van der Waals surface area contributed by atoms with Crippen molar-refractivity contribution in [3.05, 3.63) is 52.1 Å². The summed E-state index contributed by atoms with van der Waals surface area (Å²) < 4.78 is 0. The maximum Gasteiger partial charge on any atom is 0.326 e. The van der Waals surface area contributed by atoms with E-state index in [9.17, 15) is 24.0 Å². The zero-order chi connectivity index (χ0) is 28.9. The molecule has 0 radical (unpaired) electrons. The van der Waals surface area contributed by atoms with E-state index in [1.807, 2.05) is 6.92 Å². The number of benzene rings is 1. The van der Waals surface area contributed by atoms with Crippen molar-refractivity contribution in [2.45, 2.75) is 51.6 Å². The van der Waals surface area contributed by atoms with E-state index in [0.717, 1.165) is 12.8 Å². The lowest BCUT2D eigenvalue weighted by Gasteiger charge is -2.14. The number of carbonyl (C=O) groups excluding carboxylic acids is 1. The van der Waals surface area contributed by atoms with E-state index in [1.165, 1.54) is 18.3 Å². The van der Waals surface area contributed by atoms with Gasteiger partial charge in [-0.1, -0.05) is 13.3 Å². The molecule has 2 aromatic heterocycles. The number of hydrogen-bond donors (Lipinski definition) is 7. The molecular formula is C24H29N7O8. The number of nitrogens with zero attached hydrogens (tertiary/aromatic N) is 3. The molecule has 2 heterocycles. The Morgan fingerprint density at radius 1 is 1.03 bits per heavy atom. The fourth-order valence-corrected chi connectivity index (χ4v) is 3.08. The summed E-state index contributed by atoms with van der Waals surface area (Å²) in [6.45, 7) is 2.21. The van der Waals surface area contributed by atoms with Crippen molar-refractivity contribution in [1.82, 2.24) is 25.3 Å². The monoisotopic (exact) mass is 543 g/mol. The Morgan fingerprint density at radius 2 is 1.69 bits per heavy atom. The molecule has 1 atom stereocenters. The molecule has 0 aliphatic heterocycles. The molecule has 0 aliphatic carbocycles. The number of aromatic nitrogens is 4. The number of carboxylic acid groups (broad SMARTS) is 3. The van der Waals surface area contributed by atoms with Crippen molar-refractivity contribution in [3.63, 3.8) is 0 Å². The number of nitrogens with one attached hydrogen (secondary N) is 3. The third-order valence-electron chi connectivity index (χ3n) is 5.10. The van der Waals surface area contributed by atoms with Crippen LogP contribution in [0.5, 0.6) is 0 Å². The molecule has 0 aliphatic rings. The van der Waals surface area contributed by atoms with E-state index in [-0.39, 0.29) is 42.1 Å². The van der Waals surface area contributed by atoms with Gasteiger partial charge in [0.15, 0.2) is 11.2 Å². The molecule has 39 heavy (non-hydrogen) atoms. The largest absolute Gasteiger partial charge is 0.481 e. The predicted molar refractivity (Wildman–Crippen MR) is 139 cm³/mol. The zero-order valence-corrected chi connectivity index (χ0v) is 21.0. The molecule has 0 saturated heterocycles. The number of carbonyl (C=O) groups is 4. The number of unbranched alkanes of at least 4 members (excludes halogenated alkanes) is 1. The Labute approximate surface area is 221 Å². The minimum atomic E-state index is -1.31. The quantitative estimate of drug-likeness (QED) is 0.170. The highest BCUT2D eigenvalue weighted by Gasteiger charge is 2.21. The molecule has 0 spiro atoms. The van der Waals surface area contributed by atoms with Crippen LogP contribution < -0.4 is 21.9 Å². The summed E-state index contributed by atoms with van der Waals surface area (Å²) in [5, 5.41) is 31.2. The highest BCUT2D eigenvalue weighted by molar-refractivity contribution is 5.96. The van der Waals surface area contributed by atoms with Gasteiger partial charge in [-0.2, -0.15) is 4.98 Å². The second-order valence-electron chi connectivity index (χ2n) is 8.21. The Morgan fingerprint density at radius 3 is 2.26 bits per heavy atom. The molecule has 1 amide bonds. The highest BCUT2D eigenvalue weighted by Crippen LogP contribution is 2.12. The summed E-state index contributed by atoms with van der Waals surface area (Å²) in [5.41, 5.74) is 6.47. The van der Waals surface area contributed by atoms with Crippen LogP contribution in [0.4, 0.5) is 11.6 Å². The zero-order valence-electron chi connectivity index (χ0n) is 21.0. The number of H-pyrrole nitrogens is 1. The van der Waals surface area contributed by atoms with Crippen LogP contribution in [-0.4, -0.2) is 65.1 Å². The number of carboxylic acids is 3. The number of fused-ring (bicyclic) bond motifs is 1. The standard InChI is InChI=1S/C19H19N7O6.C5H10O2/c20-19-25-15-14(17(30)26-19)23-11(8-22-15)7-21-10-3-1-9(2-4-10)16(29)24-12(18(31)32)5-6-13(27)28;1-2-3-4-5(6)7/h1-4,8,12,21H,5-7H2,(H,24,29)(H,27,28)(H,31,32)(H3,20,22,25,26,30);2-4H2,1H3,(H,6,7). The van der Waals surface area contributed by atoms with E-state index < -0.39 is 35.4 Å². The van der Waals surface area contributed by atoms with Crippen molar-refractivity contribution in [2.75, 3.05) is 11.1 Å². The van der Waals surface area contributed by atoms with Crippen LogP contribution in [-0.2, 0) is 20.9 Å². The lowest BCUT2D eigenvalue weighted by atomic mass is 10.1. The number of nitrogen functional groups attached to an aromatic ring is 1. The summed E-state index contributed by atoms with van der Waals surface area (Å²) >= 11 is 0. The summed E-state index contributed by atoms with van der Waals surface area (Å²) in [4.78, 5) is 70.3. The number of nitrogens with two attached hydrogens (primary N) is 1. The molecule has 1 unspecified atom stereocenters. The molecule has 0 saturated carbocycles. The molecule has 0 fully saturated rings. The molecule has 3 rings (SSSR count). The van der Waals surface area contributed by atoms with Crippen molar-refractivity contribution in [1.29, 1.82) is 0 Å². The second kappa shape index (κ2) is 14.6. The first-order valence-electron chi connectivity index (χ1n) is 11.8. The van der Waals surface area contributed by atoms with Gasteiger partial charge in [0.05, 0.1) is 18.4 Å². The summed E-state index contributed by atoms with van der Waals surface area (Å²) in [6, 6.07) is 4.86. The smallest absolute Gasteiger partial charge is 0.326 e. The Kier molecular flexibility index (Phi) is 11.3. The van der Waals surface area contributed by atoms with Gasteiger partial charge in [0.2, 0.25) is 5.95 Å². The molecule has 208 valence electrons. The van der Waals surface area contributed by atoms with E-state index >= 15 is 0 Å². The summed E-state index contributed by atoms with van der Waals surface area (Å²) in [5.74, 6) is -3.85. The summed E-state index contributed by atoms with van der Waals surface area (Å²) in [6.07, 6.45) is 2.92. The van der Waals surface area contributed by atoms with Crippen LogP contribution in [0.15, 0.2) is 35.3 Å². The number of rotatable bonds is 12. The van der Waals surface area contributed by atoms with Crippen LogP contribution >= 0.6 is 0 Å². The molecule has 0 bridgehead atoms. The fraction of sp³-hybridized carbons (Fsp3) is 0.333. The lowest BCUT2D eigenvalue weighted by molar-refractivity contribution is -0.141. The van der Waals surface area contributed by atoms with Gasteiger partial charge < -0.3 is 31.7 Å². The van der Waals surface area contributed by atoms with E-state index in [2.05, 4.69) is 30.6 Å². The van der Waals surface area contributed by atoms with Crippen LogP contribution in [0.1, 0.15) is 55.1 Å². The van der Waals surface area contributed by atoms with Gasteiger partial charge in [0.25, 0.3) is 11.5 Å². The molecule has 3 aromatic rings. The van der Waals surface area contributed by atoms with Gasteiger partial charge in [-0.15, -0.1) is 0 Å². The maximum absolute atomic E-state index is 12.3. The second-order valence-corrected chi connectivity index (χ2v) is 8.21. The molecule has 8 N–H and O–H groups in total. The minimum Gasteiger partial charge on any atom is -0.481 e. The minimum absolute atomic E-state index is 0.0524. The van der Waals surface area contributed by atoms with Gasteiger partial charge in [0, 0.05) is 24.1 Å². The average molecular weight is 544 g/mol. The normalized spacial score (nSPS) is 11.1. The predicted octanol–water partition coefficient (Wildman–Crippen LogP) is 1.22. The molecule has 15 heteroatoms. The van der Waals surface area contributed by atoms with Crippen LogP contribution in [0.25, 0.3) is 11.2 Å². The van der Waals surface area contributed by atoms with E-state index in [1.54, 1.807) is 12.1 Å². The van der Waals surface area contributed by atoms with E-state index in [4.69, 9.17) is 21.1 Å². The highest BCUT2D eigenvalue weighted by atomic mass is 16.4. The van der Waals surface area contributed by atoms with Gasteiger partial charge in [0.1, 0.15) is 6.04 Å². The van der Waals surface area contributed by atoms with Crippen molar-refractivity contribution in [3.8, 4) is 0 Å². The van der Waals surface area contributed by atoms with Crippen LogP contribution in [0, 0.1) is 0 Å². The van der Waals surface area contributed by atoms with Gasteiger partial charge in [-0.25, -0.2) is 14.8 Å². The Bertz CT molecular complexity index is 1380. The Balaban J connectivity index is 0.000000673. The van der Waals surface area contributed by atoms with Crippen LogP contribution in [0.2, 0.25) is 0 Å². The maximum atomic E-state index is 12.3. The van der Waals surface area contributed by atoms with Gasteiger partial charge in [-0.3, -0.25) is 24.2 Å². The number of aromatic amines is 1. The first-order valence-corrected chi connectivity index (χ1v) is 11.8. The first kappa shape index (κ1) is 30.1. The molecule has 1 aromatic carbocycles. The third-order valence-corrected chi connectivity index (χ3v) is 5.10. The van der Waals surface area contributed by atoms with Gasteiger partial charge in [-0.05, 0) is 37.1 Å². The topological polar surface area (TPSA) is 251 Å². The van der Waals surface area contributed by atoms with Crippen molar-refractivity contribution < 1.29 is 34.5 Å². The first-order chi connectivity index (χ1) is 18.5. The van der Waals surface area contributed by atoms with Gasteiger partial charge >= 0.3 is 17.9 Å². The fourth-order valence-electron chi connectivity index (χ4n) is 3.08.